The van der Waals surface area contributed by atoms with Crippen LogP contribution in [0.4, 0.5) is 0 Å². The molecule has 8 heteroatoms. The van der Waals surface area contributed by atoms with Crippen LogP contribution in [0.3, 0.4) is 0 Å². The molecule has 0 amide bonds. The zero-order chi connectivity index (χ0) is 20.2. The number of nitrogens with zero attached hydrogens (tertiary/aromatic N) is 4. The molecule has 2 heterocycles. The standard InChI is InChI=1S/C21H20N4O3S/c1-13-5-4-6-16(11-13)20-24-23-19(28-20)14(2)29-21-25-22-18(27-21)12-15-7-9-17(26-3)10-8-15/h4-11,14H,12H2,1-3H3/t14-/m0/s1. The number of methoxy groups -OCH3 is 1. The van der Waals surface area contributed by atoms with E-state index in [4.69, 9.17) is 13.6 Å². The van der Waals surface area contributed by atoms with Gasteiger partial charge in [-0.05, 0) is 43.7 Å². The molecule has 148 valence electrons. The van der Waals surface area contributed by atoms with E-state index >= 15 is 0 Å². The molecule has 0 bridgehead atoms. The molecule has 0 spiro atoms. The lowest BCUT2D eigenvalue weighted by atomic mass is 10.1. The Morgan fingerprint density at radius 3 is 2.59 bits per heavy atom. The summed E-state index contributed by atoms with van der Waals surface area (Å²) in [5, 5.41) is 16.9. The molecular weight excluding hydrogens is 388 g/mol. The van der Waals surface area contributed by atoms with E-state index in [9.17, 15) is 0 Å². The van der Waals surface area contributed by atoms with Crippen LogP contribution in [0.15, 0.2) is 62.6 Å². The van der Waals surface area contributed by atoms with Crippen molar-refractivity contribution in [2.24, 2.45) is 0 Å². The van der Waals surface area contributed by atoms with Gasteiger partial charge in [-0.2, -0.15) is 0 Å². The Morgan fingerprint density at radius 1 is 1.00 bits per heavy atom. The van der Waals surface area contributed by atoms with E-state index in [2.05, 4.69) is 20.4 Å². The Kier molecular flexibility index (Phi) is 5.62. The smallest absolute Gasteiger partial charge is 0.277 e. The van der Waals surface area contributed by atoms with E-state index < -0.39 is 0 Å². The van der Waals surface area contributed by atoms with Gasteiger partial charge in [0.1, 0.15) is 5.75 Å². The van der Waals surface area contributed by atoms with Gasteiger partial charge in [0.25, 0.3) is 5.22 Å². The Morgan fingerprint density at radius 2 is 1.83 bits per heavy atom. The maximum absolute atomic E-state index is 5.84. The Labute approximate surface area is 172 Å². The van der Waals surface area contributed by atoms with E-state index in [0.717, 1.165) is 22.4 Å². The van der Waals surface area contributed by atoms with Crippen molar-refractivity contribution in [3.8, 4) is 17.2 Å². The Hall–Kier alpha value is -3.13. The summed E-state index contributed by atoms with van der Waals surface area (Å²) in [5.41, 5.74) is 3.11. The first kappa shape index (κ1) is 19.2. The van der Waals surface area contributed by atoms with E-state index in [1.807, 2.05) is 62.4 Å². The number of ether oxygens (including phenoxy) is 1. The van der Waals surface area contributed by atoms with Crippen LogP contribution in [0.2, 0.25) is 0 Å². The zero-order valence-electron chi connectivity index (χ0n) is 16.3. The number of hydrogen-bond acceptors (Lipinski definition) is 8. The van der Waals surface area contributed by atoms with Crippen molar-refractivity contribution >= 4 is 11.8 Å². The van der Waals surface area contributed by atoms with Crippen LogP contribution in [-0.2, 0) is 6.42 Å². The molecule has 0 saturated carbocycles. The number of aryl methyl sites for hydroxylation is 1. The average Bonchev–Trinajstić information content (AvgIpc) is 3.38. The zero-order valence-corrected chi connectivity index (χ0v) is 17.1. The molecule has 29 heavy (non-hydrogen) atoms. The second kappa shape index (κ2) is 8.48. The van der Waals surface area contributed by atoms with E-state index in [-0.39, 0.29) is 5.25 Å². The third-order valence-corrected chi connectivity index (χ3v) is 5.22. The normalized spacial score (nSPS) is 12.1. The summed E-state index contributed by atoms with van der Waals surface area (Å²) in [6.07, 6.45) is 0.560. The van der Waals surface area contributed by atoms with Crippen molar-refractivity contribution in [2.45, 2.75) is 30.7 Å². The predicted octanol–water partition coefficient (Wildman–Crippen LogP) is 4.88. The Balaban J connectivity index is 1.40. The molecule has 7 nitrogen and oxygen atoms in total. The van der Waals surface area contributed by atoms with Crippen LogP contribution in [-0.4, -0.2) is 27.5 Å². The summed E-state index contributed by atoms with van der Waals surface area (Å²) in [4.78, 5) is 0. The molecule has 0 saturated heterocycles. The molecule has 0 radical (unpaired) electrons. The van der Waals surface area contributed by atoms with Crippen LogP contribution in [0, 0.1) is 6.92 Å². The van der Waals surface area contributed by atoms with Crippen LogP contribution in [0.1, 0.15) is 35.1 Å². The summed E-state index contributed by atoms with van der Waals surface area (Å²) in [6, 6.07) is 15.7. The van der Waals surface area contributed by atoms with Gasteiger partial charge in [0.05, 0.1) is 18.8 Å². The second-order valence-electron chi connectivity index (χ2n) is 6.56. The topological polar surface area (TPSA) is 87.1 Å². The van der Waals surface area contributed by atoms with Gasteiger partial charge in [-0.15, -0.1) is 20.4 Å². The predicted molar refractivity (Wildman–Crippen MR) is 109 cm³/mol. The quantitative estimate of drug-likeness (QED) is 0.400. The molecule has 0 aliphatic rings. The SMILES string of the molecule is COc1ccc(Cc2nnc(S[C@@H](C)c3nnc(-c4cccc(C)c4)o3)o2)cc1. The van der Waals surface area contributed by atoms with E-state index in [1.165, 1.54) is 11.8 Å². The number of hydrogen-bond donors (Lipinski definition) is 0. The highest BCUT2D eigenvalue weighted by molar-refractivity contribution is 7.99. The lowest BCUT2D eigenvalue weighted by Crippen LogP contribution is -1.89. The molecule has 0 unspecified atom stereocenters. The van der Waals surface area contributed by atoms with Gasteiger partial charge < -0.3 is 13.6 Å². The number of thioether (sulfide) groups is 1. The van der Waals surface area contributed by atoms with Crippen LogP contribution in [0.25, 0.3) is 11.5 Å². The molecule has 0 aliphatic heterocycles. The van der Waals surface area contributed by atoms with Crippen molar-refractivity contribution in [3.05, 3.63) is 71.4 Å². The largest absolute Gasteiger partial charge is 0.497 e. The highest BCUT2D eigenvalue weighted by atomic mass is 32.2. The lowest BCUT2D eigenvalue weighted by molar-refractivity contribution is 0.413. The minimum Gasteiger partial charge on any atom is -0.497 e. The minimum atomic E-state index is -0.115. The molecule has 2 aromatic heterocycles. The molecule has 4 aromatic rings. The minimum absolute atomic E-state index is 0.115. The number of rotatable bonds is 7. The van der Waals surface area contributed by atoms with E-state index in [1.54, 1.807) is 7.11 Å². The van der Waals surface area contributed by atoms with Gasteiger partial charge in [-0.25, -0.2) is 0 Å². The van der Waals surface area contributed by atoms with Crippen molar-refractivity contribution in [1.29, 1.82) is 0 Å². The van der Waals surface area contributed by atoms with E-state index in [0.29, 0.717) is 29.3 Å². The highest BCUT2D eigenvalue weighted by Gasteiger charge is 2.19. The van der Waals surface area contributed by atoms with Gasteiger partial charge in [0, 0.05) is 5.56 Å². The summed E-state index contributed by atoms with van der Waals surface area (Å²) in [7, 11) is 1.64. The summed E-state index contributed by atoms with van der Waals surface area (Å²) in [6.45, 7) is 3.99. The monoisotopic (exact) mass is 408 g/mol. The molecule has 0 fully saturated rings. The molecule has 4 rings (SSSR count). The first-order chi connectivity index (χ1) is 14.1. The Bertz CT molecular complexity index is 1090. The fourth-order valence-corrected chi connectivity index (χ4v) is 3.50. The summed E-state index contributed by atoms with van der Waals surface area (Å²) in [5.74, 6) is 2.38. The van der Waals surface area contributed by atoms with Gasteiger partial charge in [-0.3, -0.25) is 0 Å². The summed E-state index contributed by atoms with van der Waals surface area (Å²) >= 11 is 1.39. The van der Waals surface area contributed by atoms with Crippen molar-refractivity contribution in [3.63, 3.8) is 0 Å². The molecular formula is C21H20N4O3S. The fourth-order valence-electron chi connectivity index (χ4n) is 2.77. The third-order valence-electron chi connectivity index (χ3n) is 4.29. The maximum Gasteiger partial charge on any atom is 0.277 e. The highest BCUT2D eigenvalue weighted by Crippen LogP contribution is 2.34. The molecule has 0 N–H and O–H groups in total. The van der Waals surface area contributed by atoms with Crippen LogP contribution < -0.4 is 4.74 Å². The average molecular weight is 408 g/mol. The van der Waals surface area contributed by atoms with Crippen molar-refractivity contribution in [2.75, 3.05) is 7.11 Å². The van der Waals surface area contributed by atoms with Crippen LogP contribution in [0.5, 0.6) is 5.75 Å². The van der Waals surface area contributed by atoms with Gasteiger partial charge in [0.15, 0.2) is 0 Å². The van der Waals surface area contributed by atoms with Crippen LogP contribution >= 0.6 is 11.8 Å². The van der Waals surface area contributed by atoms with Gasteiger partial charge >= 0.3 is 0 Å². The number of benzene rings is 2. The van der Waals surface area contributed by atoms with Crippen molar-refractivity contribution in [1.82, 2.24) is 20.4 Å². The van der Waals surface area contributed by atoms with Gasteiger partial charge in [-0.1, -0.05) is 41.6 Å². The lowest BCUT2D eigenvalue weighted by Gasteiger charge is -2.02. The van der Waals surface area contributed by atoms with Crippen molar-refractivity contribution < 1.29 is 13.6 Å². The van der Waals surface area contributed by atoms with Gasteiger partial charge in [0.2, 0.25) is 17.7 Å². The number of aromatic nitrogens is 4. The molecule has 0 aliphatic carbocycles. The first-order valence-corrected chi connectivity index (χ1v) is 10.0. The first-order valence-electron chi connectivity index (χ1n) is 9.13. The molecule has 2 aromatic carbocycles. The maximum atomic E-state index is 5.84. The fraction of sp³-hybridized carbons (Fsp3) is 0.238. The second-order valence-corrected chi connectivity index (χ2v) is 7.85. The summed E-state index contributed by atoms with van der Waals surface area (Å²) < 4.78 is 16.8. The molecule has 1 atom stereocenters. The third kappa shape index (κ3) is 4.65.